The Kier molecular flexibility index (Phi) is 4.44. The van der Waals surface area contributed by atoms with E-state index in [9.17, 15) is 19.7 Å². The number of hydrogen-bond acceptors (Lipinski definition) is 5. The van der Waals surface area contributed by atoms with E-state index in [2.05, 4.69) is 5.32 Å². The Morgan fingerprint density at radius 1 is 1.24 bits per heavy atom. The molecule has 0 radical (unpaired) electrons. The second-order valence-electron chi connectivity index (χ2n) is 5.28. The molecule has 0 unspecified atom stereocenters. The summed E-state index contributed by atoms with van der Waals surface area (Å²) in [4.78, 5) is 33.7. The average Bonchev–Trinajstić information content (AvgIpc) is 2.87. The van der Waals surface area contributed by atoms with Crippen LogP contribution in [0.5, 0.6) is 0 Å². The van der Waals surface area contributed by atoms with E-state index in [0.29, 0.717) is 11.3 Å². The highest BCUT2D eigenvalue weighted by Crippen LogP contribution is 2.21. The van der Waals surface area contributed by atoms with E-state index in [0.717, 1.165) is 21.6 Å². The molecule has 8 heteroatoms. The van der Waals surface area contributed by atoms with E-state index in [4.69, 9.17) is 0 Å². The summed E-state index contributed by atoms with van der Waals surface area (Å²) >= 11 is 1.12. The smallest absolute Gasteiger partial charge is 0.307 e. The number of fused-ring (bicyclic) bond motifs is 1. The molecule has 0 fully saturated rings. The predicted molar refractivity (Wildman–Crippen MR) is 97.8 cm³/mol. The lowest BCUT2D eigenvalue weighted by atomic mass is 10.2. The van der Waals surface area contributed by atoms with Crippen LogP contribution in [0.4, 0.5) is 11.4 Å². The summed E-state index contributed by atoms with van der Waals surface area (Å²) in [5.41, 5.74) is 2.08. The molecule has 0 aliphatic rings. The first-order valence-electron chi connectivity index (χ1n) is 7.27. The average molecular weight is 355 g/mol. The van der Waals surface area contributed by atoms with Crippen LogP contribution in [0.25, 0.3) is 16.3 Å². The van der Waals surface area contributed by atoms with Crippen molar-refractivity contribution < 1.29 is 9.72 Å². The minimum Gasteiger partial charge on any atom is -0.322 e. The van der Waals surface area contributed by atoms with E-state index in [1.54, 1.807) is 48.0 Å². The van der Waals surface area contributed by atoms with E-state index in [1.165, 1.54) is 18.2 Å². The lowest BCUT2D eigenvalue weighted by Crippen LogP contribution is -2.08. The number of carbonyl (C=O) groups is 1. The number of benzene rings is 2. The fourth-order valence-corrected chi connectivity index (χ4v) is 3.19. The summed E-state index contributed by atoms with van der Waals surface area (Å²) in [6.45, 7) is 0. The lowest BCUT2D eigenvalue weighted by Gasteiger charge is -2.02. The van der Waals surface area contributed by atoms with E-state index >= 15 is 0 Å². The highest BCUT2D eigenvalue weighted by atomic mass is 32.1. The Morgan fingerprint density at radius 2 is 1.96 bits per heavy atom. The number of aromatic nitrogens is 1. The van der Waals surface area contributed by atoms with Crippen LogP contribution < -0.4 is 10.2 Å². The summed E-state index contributed by atoms with van der Waals surface area (Å²) in [6.07, 6.45) is 2.91. The van der Waals surface area contributed by atoms with Crippen molar-refractivity contribution in [2.24, 2.45) is 7.05 Å². The first-order valence-corrected chi connectivity index (χ1v) is 8.09. The van der Waals surface area contributed by atoms with Crippen LogP contribution in [-0.4, -0.2) is 15.4 Å². The highest BCUT2D eigenvalue weighted by Gasteiger charge is 2.06. The third kappa shape index (κ3) is 3.64. The quantitative estimate of drug-likeness (QED) is 0.442. The van der Waals surface area contributed by atoms with Gasteiger partial charge in [0.05, 0.1) is 15.1 Å². The number of nitro groups is 1. The number of anilines is 1. The minimum atomic E-state index is -0.478. The SMILES string of the molecule is Cn1c(=O)sc2cc(NC(=O)/C=C/c3ccc([N+](=O)[O-])cc3)ccc21. The monoisotopic (exact) mass is 355 g/mol. The second-order valence-corrected chi connectivity index (χ2v) is 6.27. The van der Waals surface area contributed by atoms with Crippen molar-refractivity contribution in [3.63, 3.8) is 0 Å². The van der Waals surface area contributed by atoms with Gasteiger partial charge in [-0.25, -0.2) is 0 Å². The number of nitrogens with one attached hydrogen (secondary N) is 1. The molecule has 126 valence electrons. The highest BCUT2D eigenvalue weighted by molar-refractivity contribution is 7.16. The summed E-state index contributed by atoms with van der Waals surface area (Å²) in [5.74, 6) is -0.332. The molecule has 2 aromatic carbocycles. The van der Waals surface area contributed by atoms with Crippen LogP contribution in [0.3, 0.4) is 0 Å². The van der Waals surface area contributed by atoms with Crippen molar-refractivity contribution in [1.29, 1.82) is 0 Å². The van der Waals surface area contributed by atoms with Crippen molar-refractivity contribution >= 4 is 44.9 Å². The number of hydrogen-bond donors (Lipinski definition) is 1. The summed E-state index contributed by atoms with van der Waals surface area (Å²) < 4.78 is 2.35. The molecular formula is C17H13N3O4S. The van der Waals surface area contributed by atoms with Crippen molar-refractivity contribution in [2.45, 2.75) is 0 Å². The zero-order valence-corrected chi connectivity index (χ0v) is 13.9. The van der Waals surface area contributed by atoms with Gasteiger partial charge >= 0.3 is 4.87 Å². The van der Waals surface area contributed by atoms with Gasteiger partial charge in [-0.1, -0.05) is 11.3 Å². The van der Waals surface area contributed by atoms with Gasteiger partial charge in [0.2, 0.25) is 5.91 Å². The maximum atomic E-state index is 12.0. The Morgan fingerprint density at radius 3 is 2.64 bits per heavy atom. The van der Waals surface area contributed by atoms with Crippen molar-refractivity contribution in [3.8, 4) is 0 Å². The molecule has 1 amide bonds. The Balaban J connectivity index is 1.71. The number of nitro benzene ring substituents is 1. The van der Waals surface area contributed by atoms with Crippen LogP contribution >= 0.6 is 11.3 Å². The number of aryl methyl sites for hydroxylation is 1. The largest absolute Gasteiger partial charge is 0.322 e. The standard InChI is InChI=1S/C17H13N3O4S/c1-19-14-8-5-12(10-15(14)25-17(19)22)18-16(21)9-4-11-2-6-13(7-3-11)20(23)24/h2-10H,1H3,(H,18,21)/b9-4+. The molecule has 0 saturated carbocycles. The van der Waals surface area contributed by atoms with Crippen molar-refractivity contribution in [3.05, 3.63) is 73.9 Å². The molecular weight excluding hydrogens is 342 g/mol. The van der Waals surface area contributed by atoms with Gasteiger partial charge in [0.25, 0.3) is 5.69 Å². The van der Waals surface area contributed by atoms with Crippen LogP contribution in [0.15, 0.2) is 53.3 Å². The molecule has 1 heterocycles. The summed E-state index contributed by atoms with van der Waals surface area (Å²) in [7, 11) is 1.70. The van der Waals surface area contributed by atoms with E-state index < -0.39 is 4.92 Å². The van der Waals surface area contributed by atoms with Crippen LogP contribution in [-0.2, 0) is 11.8 Å². The number of thiazole rings is 1. The van der Waals surface area contributed by atoms with Gasteiger partial charge in [0, 0.05) is 30.9 Å². The molecule has 0 saturated heterocycles. The molecule has 3 aromatic rings. The maximum absolute atomic E-state index is 12.0. The second kappa shape index (κ2) is 6.70. The first-order chi connectivity index (χ1) is 11.9. The molecule has 0 aliphatic carbocycles. The number of amides is 1. The third-order valence-corrected chi connectivity index (χ3v) is 4.59. The van der Waals surface area contributed by atoms with E-state index in [-0.39, 0.29) is 16.5 Å². The maximum Gasteiger partial charge on any atom is 0.307 e. The molecule has 3 rings (SSSR count). The summed E-state index contributed by atoms with van der Waals surface area (Å²) in [6, 6.07) is 11.1. The minimum absolute atomic E-state index is 0.00300. The fourth-order valence-electron chi connectivity index (χ4n) is 2.27. The van der Waals surface area contributed by atoms with Crippen LogP contribution in [0, 0.1) is 10.1 Å². The van der Waals surface area contributed by atoms with Gasteiger partial charge < -0.3 is 9.88 Å². The van der Waals surface area contributed by atoms with Gasteiger partial charge in [-0.15, -0.1) is 0 Å². The first kappa shape index (κ1) is 16.6. The van der Waals surface area contributed by atoms with Crippen molar-refractivity contribution in [2.75, 3.05) is 5.32 Å². The molecule has 25 heavy (non-hydrogen) atoms. The molecule has 1 aromatic heterocycles. The zero-order chi connectivity index (χ0) is 18.0. The Bertz CT molecular complexity index is 1050. The van der Waals surface area contributed by atoms with Gasteiger partial charge in [0.15, 0.2) is 0 Å². The van der Waals surface area contributed by atoms with Crippen molar-refractivity contribution in [1.82, 2.24) is 4.57 Å². The van der Waals surface area contributed by atoms with Crippen LogP contribution in [0.2, 0.25) is 0 Å². The molecule has 0 bridgehead atoms. The molecule has 0 aliphatic heterocycles. The fraction of sp³-hybridized carbons (Fsp3) is 0.0588. The zero-order valence-electron chi connectivity index (χ0n) is 13.1. The normalized spacial score (nSPS) is 11.1. The molecule has 1 N–H and O–H groups in total. The molecule has 0 atom stereocenters. The Labute approximate surface area is 146 Å². The number of rotatable bonds is 4. The molecule has 7 nitrogen and oxygen atoms in total. The van der Waals surface area contributed by atoms with Gasteiger partial charge in [-0.2, -0.15) is 0 Å². The Hall–Kier alpha value is -3.26. The topological polar surface area (TPSA) is 94.2 Å². The predicted octanol–water partition coefficient (Wildman–Crippen LogP) is 3.16. The lowest BCUT2D eigenvalue weighted by molar-refractivity contribution is -0.384. The van der Waals surface area contributed by atoms with E-state index in [1.807, 2.05) is 0 Å². The number of nitrogens with zero attached hydrogens (tertiary/aromatic N) is 2. The number of carbonyl (C=O) groups excluding carboxylic acids is 1. The number of non-ortho nitro benzene ring substituents is 1. The molecule has 0 spiro atoms. The summed E-state index contributed by atoms with van der Waals surface area (Å²) in [5, 5.41) is 13.3. The van der Waals surface area contributed by atoms with Gasteiger partial charge in [0.1, 0.15) is 0 Å². The van der Waals surface area contributed by atoms with Crippen LogP contribution in [0.1, 0.15) is 5.56 Å². The van der Waals surface area contributed by atoms with Gasteiger partial charge in [-0.3, -0.25) is 19.7 Å². The third-order valence-electron chi connectivity index (χ3n) is 3.59. The van der Waals surface area contributed by atoms with Gasteiger partial charge in [-0.05, 0) is 42.0 Å².